The Balaban J connectivity index is 1.62. The van der Waals surface area contributed by atoms with Crippen LogP contribution in [0.5, 0.6) is 0 Å². The highest BCUT2D eigenvalue weighted by Crippen LogP contribution is 2.32. The molecule has 1 amide bonds. The Kier molecular flexibility index (Phi) is 12.1. The van der Waals surface area contributed by atoms with Gasteiger partial charge in [0.15, 0.2) is 5.79 Å². The number of allylic oxidation sites excluding steroid dienone is 1. The van der Waals surface area contributed by atoms with Gasteiger partial charge in [0.1, 0.15) is 30.5 Å². The number of rotatable bonds is 17. The molecule has 2 rings (SSSR count). The maximum Gasteiger partial charge on any atom is 0.407 e. The van der Waals surface area contributed by atoms with Crippen LogP contribution in [0.4, 0.5) is 4.79 Å². The molecular formula is C24H43NO8. The summed E-state index contributed by atoms with van der Waals surface area (Å²) < 4.78 is 16.6. The number of unbranched alkanes of at least 4 members (excludes halogenated alkanes) is 7. The Labute approximate surface area is 197 Å². The van der Waals surface area contributed by atoms with E-state index in [1.807, 2.05) is 0 Å². The molecule has 2 heterocycles. The molecule has 0 spiro atoms. The second-order valence-electron chi connectivity index (χ2n) is 9.24. The number of hydrogen-bond donors (Lipinski definition) is 5. The molecule has 0 saturated carbocycles. The van der Waals surface area contributed by atoms with Gasteiger partial charge in [0.05, 0.1) is 19.8 Å². The van der Waals surface area contributed by atoms with E-state index in [0.29, 0.717) is 13.2 Å². The van der Waals surface area contributed by atoms with Gasteiger partial charge in [0.2, 0.25) is 0 Å². The third-order valence-corrected chi connectivity index (χ3v) is 6.57. The fourth-order valence-electron chi connectivity index (χ4n) is 4.41. The lowest BCUT2D eigenvalue weighted by Crippen LogP contribution is -2.62. The van der Waals surface area contributed by atoms with Crippen LogP contribution in [0.1, 0.15) is 77.6 Å². The van der Waals surface area contributed by atoms with Crippen molar-refractivity contribution in [3.8, 4) is 0 Å². The van der Waals surface area contributed by atoms with Gasteiger partial charge in [0.25, 0.3) is 0 Å². The van der Waals surface area contributed by atoms with Crippen molar-refractivity contribution in [2.75, 3.05) is 26.4 Å². The summed E-state index contributed by atoms with van der Waals surface area (Å²) in [6.45, 7) is 2.66. The first-order valence-corrected chi connectivity index (χ1v) is 12.4. The summed E-state index contributed by atoms with van der Waals surface area (Å²) in [6, 6.07) is 0. The molecule has 192 valence electrons. The quantitative estimate of drug-likeness (QED) is 0.160. The summed E-state index contributed by atoms with van der Waals surface area (Å²) in [6.07, 6.45) is 9.48. The lowest BCUT2D eigenvalue weighted by molar-refractivity contribution is -0.168. The fourth-order valence-corrected chi connectivity index (χ4v) is 4.41. The number of alkyl carbamates (subject to hydrolysis) is 1. The van der Waals surface area contributed by atoms with E-state index in [0.717, 1.165) is 51.4 Å². The third kappa shape index (κ3) is 8.49. The van der Waals surface area contributed by atoms with Crippen molar-refractivity contribution in [1.82, 2.24) is 5.32 Å². The molecule has 0 aromatic heterocycles. The molecule has 0 unspecified atom stereocenters. The second kappa shape index (κ2) is 14.2. The Bertz CT molecular complexity index is 595. The molecule has 9 nitrogen and oxygen atoms in total. The maximum absolute atomic E-state index is 11.3. The van der Waals surface area contributed by atoms with Crippen molar-refractivity contribution in [2.45, 2.75) is 107 Å². The normalized spacial score (nSPS) is 25.2. The average molecular weight is 474 g/mol. The lowest BCUT2D eigenvalue weighted by atomic mass is 9.88. The molecule has 2 saturated heterocycles. The number of nitrogens with one attached hydrogen (secondary N) is 1. The largest absolute Gasteiger partial charge is 0.447 e. The molecule has 5 N–H and O–H groups in total. The van der Waals surface area contributed by atoms with E-state index >= 15 is 0 Å². The van der Waals surface area contributed by atoms with Gasteiger partial charge in [-0.1, -0.05) is 51.2 Å². The van der Waals surface area contributed by atoms with Crippen LogP contribution in [-0.4, -0.2) is 82.6 Å². The van der Waals surface area contributed by atoms with Crippen LogP contribution in [0.15, 0.2) is 12.2 Å². The molecule has 2 aliphatic rings. The first-order chi connectivity index (χ1) is 15.9. The minimum absolute atomic E-state index is 0.285. The highest BCUT2D eigenvalue weighted by Gasteiger charge is 2.49. The van der Waals surface area contributed by atoms with E-state index in [-0.39, 0.29) is 12.4 Å². The Morgan fingerprint density at radius 3 is 2.21 bits per heavy atom. The van der Waals surface area contributed by atoms with Crippen LogP contribution < -0.4 is 5.32 Å². The van der Waals surface area contributed by atoms with E-state index in [1.165, 1.54) is 25.3 Å². The summed E-state index contributed by atoms with van der Waals surface area (Å²) >= 11 is 0. The van der Waals surface area contributed by atoms with Crippen molar-refractivity contribution in [3.05, 3.63) is 12.2 Å². The number of hydrogen-bond acceptors (Lipinski definition) is 8. The van der Waals surface area contributed by atoms with Gasteiger partial charge in [0, 0.05) is 12.8 Å². The van der Waals surface area contributed by atoms with Crippen LogP contribution >= 0.6 is 0 Å². The summed E-state index contributed by atoms with van der Waals surface area (Å²) in [5.41, 5.74) is -1.52. The van der Waals surface area contributed by atoms with Gasteiger partial charge in [-0.2, -0.15) is 0 Å². The molecule has 0 aliphatic carbocycles. The molecule has 4 atom stereocenters. The Morgan fingerprint density at radius 2 is 1.64 bits per heavy atom. The van der Waals surface area contributed by atoms with E-state index in [1.54, 1.807) is 6.08 Å². The van der Waals surface area contributed by atoms with Gasteiger partial charge in [-0.25, -0.2) is 4.79 Å². The number of aliphatic hydroxyl groups excluding tert-OH is 4. The molecule has 33 heavy (non-hydrogen) atoms. The van der Waals surface area contributed by atoms with E-state index < -0.39 is 36.6 Å². The number of ether oxygens (including phenoxy) is 3. The van der Waals surface area contributed by atoms with Crippen LogP contribution in [0.2, 0.25) is 0 Å². The SMILES string of the molecule is CCCCCCC1(CCCCCC/C=C/[C@H](O)[C@@H](O)[C@H](O)[C@]2(CO)COC(=O)N2)OCCO1. The van der Waals surface area contributed by atoms with Gasteiger partial charge in [-0.05, 0) is 25.7 Å². The van der Waals surface area contributed by atoms with Crippen molar-refractivity contribution < 1.29 is 39.4 Å². The maximum atomic E-state index is 11.3. The van der Waals surface area contributed by atoms with E-state index in [4.69, 9.17) is 14.2 Å². The summed E-state index contributed by atoms with van der Waals surface area (Å²) in [5, 5.41) is 42.6. The Morgan fingerprint density at radius 1 is 1.00 bits per heavy atom. The first-order valence-electron chi connectivity index (χ1n) is 12.4. The van der Waals surface area contributed by atoms with Crippen molar-refractivity contribution in [3.63, 3.8) is 0 Å². The molecule has 2 aliphatic heterocycles. The van der Waals surface area contributed by atoms with Gasteiger partial charge >= 0.3 is 6.09 Å². The smallest absolute Gasteiger partial charge is 0.407 e. The van der Waals surface area contributed by atoms with Gasteiger partial charge < -0.3 is 40.0 Å². The van der Waals surface area contributed by atoms with Crippen LogP contribution in [-0.2, 0) is 14.2 Å². The summed E-state index contributed by atoms with van der Waals surface area (Å²) in [7, 11) is 0. The number of aliphatic hydroxyl groups is 4. The standard InChI is InChI=1S/C24H43NO8/c1-2-3-4-10-13-24(32-15-16-33-24)14-11-8-6-5-7-9-12-19(27)20(28)21(29)23(17-26)18-31-22(30)25-23/h9,12,19-21,26-29H,2-8,10-11,13-18H2,1H3,(H,25,30)/b12-9+/t19-,20+,21-,23-/m0/s1. The molecule has 0 aromatic carbocycles. The molecule has 2 fully saturated rings. The molecule has 0 aromatic rings. The van der Waals surface area contributed by atoms with Crippen LogP contribution in [0.25, 0.3) is 0 Å². The summed E-state index contributed by atoms with van der Waals surface area (Å²) in [5.74, 6) is -0.384. The number of carbonyl (C=O) groups is 1. The van der Waals surface area contributed by atoms with Crippen molar-refractivity contribution in [1.29, 1.82) is 0 Å². The van der Waals surface area contributed by atoms with Crippen molar-refractivity contribution in [2.24, 2.45) is 0 Å². The number of amides is 1. The minimum atomic E-state index is -1.58. The van der Waals surface area contributed by atoms with E-state index in [9.17, 15) is 25.2 Å². The minimum Gasteiger partial charge on any atom is -0.447 e. The monoisotopic (exact) mass is 473 g/mol. The lowest BCUT2D eigenvalue weighted by Gasteiger charge is -2.34. The highest BCUT2D eigenvalue weighted by atomic mass is 16.7. The second-order valence-corrected chi connectivity index (χ2v) is 9.24. The Hall–Kier alpha value is -1.23. The number of cyclic esters (lactones) is 1. The molecular weight excluding hydrogens is 430 g/mol. The third-order valence-electron chi connectivity index (χ3n) is 6.57. The predicted octanol–water partition coefficient (Wildman–Crippen LogP) is 2.15. The predicted molar refractivity (Wildman–Crippen MR) is 123 cm³/mol. The molecule has 0 radical (unpaired) electrons. The van der Waals surface area contributed by atoms with Crippen LogP contribution in [0.3, 0.4) is 0 Å². The van der Waals surface area contributed by atoms with Crippen LogP contribution in [0, 0.1) is 0 Å². The van der Waals surface area contributed by atoms with E-state index in [2.05, 4.69) is 12.2 Å². The zero-order chi connectivity index (χ0) is 24.2. The topological polar surface area (TPSA) is 138 Å². The molecule has 0 bridgehead atoms. The molecule has 9 heteroatoms. The van der Waals surface area contributed by atoms with Crippen molar-refractivity contribution >= 4 is 6.09 Å². The zero-order valence-corrected chi connectivity index (χ0v) is 19.9. The van der Waals surface area contributed by atoms with Gasteiger partial charge in [-0.3, -0.25) is 0 Å². The average Bonchev–Trinajstić information content (AvgIpc) is 3.45. The zero-order valence-electron chi connectivity index (χ0n) is 19.9. The number of carbonyl (C=O) groups excluding carboxylic acids is 1. The van der Waals surface area contributed by atoms with Gasteiger partial charge in [-0.15, -0.1) is 0 Å². The summed E-state index contributed by atoms with van der Waals surface area (Å²) in [4.78, 5) is 11.3. The first kappa shape index (κ1) is 28.0. The highest BCUT2D eigenvalue weighted by molar-refractivity contribution is 5.71. The fraction of sp³-hybridized carbons (Fsp3) is 0.875.